The number of hydrogen-bond donors (Lipinski definition) is 3. The molecule has 0 unspecified atom stereocenters. The SMILES string of the molecule is C=C(N)c1ncc(CN2CCNCC2)n1N. The van der Waals surface area contributed by atoms with E-state index in [0.717, 1.165) is 38.4 Å². The number of rotatable bonds is 3. The molecule has 1 fully saturated rings. The van der Waals surface area contributed by atoms with Crippen molar-refractivity contribution in [3.8, 4) is 0 Å². The molecule has 1 saturated heterocycles. The van der Waals surface area contributed by atoms with Gasteiger partial charge in [0.25, 0.3) is 0 Å². The minimum absolute atomic E-state index is 0.397. The summed E-state index contributed by atoms with van der Waals surface area (Å²) in [5.74, 6) is 6.44. The Hall–Kier alpha value is -1.53. The van der Waals surface area contributed by atoms with Crippen molar-refractivity contribution in [2.45, 2.75) is 6.54 Å². The summed E-state index contributed by atoms with van der Waals surface area (Å²) in [5, 5.41) is 3.31. The highest BCUT2D eigenvalue weighted by molar-refractivity contribution is 5.53. The van der Waals surface area contributed by atoms with Crippen molar-refractivity contribution in [2.24, 2.45) is 5.73 Å². The van der Waals surface area contributed by atoms with Crippen LogP contribution in [-0.2, 0) is 6.54 Å². The Morgan fingerprint density at radius 1 is 1.50 bits per heavy atom. The third kappa shape index (κ3) is 2.17. The van der Waals surface area contributed by atoms with Gasteiger partial charge in [-0.1, -0.05) is 6.58 Å². The average molecular weight is 222 g/mol. The Bertz CT molecular complexity index is 377. The highest BCUT2D eigenvalue weighted by Gasteiger charge is 2.14. The molecule has 0 atom stereocenters. The summed E-state index contributed by atoms with van der Waals surface area (Å²) in [6, 6.07) is 0. The molecule has 2 rings (SSSR count). The number of aromatic nitrogens is 2. The summed E-state index contributed by atoms with van der Waals surface area (Å²) in [7, 11) is 0. The predicted molar refractivity (Wildman–Crippen MR) is 63.7 cm³/mol. The quantitative estimate of drug-likeness (QED) is 0.567. The molecule has 1 aromatic heterocycles. The van der Waals surface area contributed by atoms with Gasteiger partial charge in [0.1, 0.15) is 0 Å². The van der Waals surface area contributed by atoms with Crippen molar-refractivity contribution < 1.29 is 0 Å². The minimum Gasteiger partial charge on any atom is -0.396 e. The van der Waals surface area contributed by atoms with Gasteiger partial charge in [0.15, 0.2) is 5.82 Å². The fraction of sp³-hybridized carbons (Fsp3) is 0.500. The van der Waals surface area contributed by atoms with E-state index in [0.29, 0.717) is 11.5 Å². The van der Waals surface area contributed by atoms with Gasteiger partial charge in [-0.15, -0.1) is 0 Å². The Labute approximate surface area is 94.9 Å². The van der Waals surface area contributed by atoms with Gasteiger partial charge in [-0.2, -0.15) is 0 Å². The molecule has 0 aliphatic carbocycles. The molecule has 16 heavy (non-hydrogen) atoms. The fourth-order valence-corrected chi connectivity index (χ4v) is 1.85. The van der Waals surface area contributed by atoms with E-state index in [9.17, 15) is 0 Å². The standard InChI is InChI=1S/C10H18N6/c1-8(11)10-14-6-9(16(10)12)7-15-4-2-13-3-5-15/h6,13H,1-5,7,11-12H2. The molecule has 2 heterocycles. The highest BCUT2D eigenvalue weighted by atomic mass is 15.3. The zero-order valence-corrected chi connectivity index (χ0v) is 9.32. The number of nitrogens with one attached hydrogen (secondary N) is 1. The van der Waals surface area contributed by atoms with E-state index in [-0.39, 0.29) is 0 Å². The Morgan fingerprint density at radius 3 is 2.75 bits per heavy atom. The van der Waals surface area contributed by atoms with Gasteiger partial charge >= 0.3 is 0 Å². The molecule has 5 N–H and O–H groups in total. The fourth-order valence-electron chi connectivity index (χ4n) is 1.85. The molecule has 0 bridgehead atoms. The second-order valence-electron chi connectivity index (χ2n) is 3.99. The van der Waals surface area contributed by atoms with Gasteiger partial charge in [0.05, 0.1) is 17.6 Å². The lowest BCUT2D eigenvalue weighted by atomic mass is 10.3. The first kappa shape index (κ1) is 11.0. The van der Waals surface area contributed by atoms with Crippen LogP contribution in [0.15, 0.2) is 12.8 Å². The van der Waals surface area contributed by atoms with Crippen LogP contribution in [0.5, 0.6) is 0 Å². The predicted octanol–water partition coefficient (Wildman–Crippen LogP) is -1.07. The summed E-state index contributed by atoms with van der Waals surface area (Å²) in [5.41, 5.74) is 6.94. The number of hydrogen-bond acceptors (Lipinski definition) is 5. The maximum atomic E-state index is 5.89. The van der Waals surface area contributed by atoms with E-state index in [2.05, 4.69) is 21.8 Å². The van der Waals surface area contributed by atoms with Crippen LogP contribution in [0, 0.1) is 0 Å². The number of nitrogen functional groups attached to an aromatic ring is 1. The monoisotopic (exact) mass is 222 g/mol. The lowest BCUT2D eigenvalue weighted by Gasteiger charge is -2.26. The number of imidazole rings is 1. The van der Waals surface area contributed by atoms with Crippen molar-refractivity contribution >= 4 is 5.70 Å². The number of nitrogens with two attached hydrogens (primary N) is 2. The van der Waals surface area contributed by atoms with Crippen LogP contribution >= 0.6 is 0 Å². The maximum absolute atomic E-state index is 5.89. The van der Waals surface area contributed by atoms with Crippen molar-refractivity contribution in [3.63, 3.8) is 0 Å². The van der Waals surface area contributed by atoms with Crippen molar-refractivity contribution in [1.82, 2.24) is 19.9 Å². The van der Waals surface area contributed by atoms with Crippen LogP contribution in [0.1, 0.15) is 11.5 Å². The van der Waals surface area contributed by atoms with Crippen LogP contribution in [0.2, 0.25) is 0 Å². The van der Waals surface area contributed by atoms with Gasteiger partial charge in [0, 0.05) is 32.7 Å². The topological polar surface area (TPSA) is 85.1 Å². The second kappa shape index (κ2) is 4.54. The summed E-state index contributed by atoms with van der Waals surface area (Å²) < 4.78 is 1.52. The molecule has 1 aromatic rings. The molecule has 1 aliphatic heterocycles. The van der Waals surface area contributed by atoms with E-state index in [4.69, 9.17) is 11.6 Å². The summed E-state index contributed by atoms with van der Waals surface area (Å²) >= 11 is 0. The Morgan fingerprint density at radius 2 is 2.19 bits per heavy atom. The van der Waals surface area contributed by atoms with Gasteiger partial charge in [0.2, 0.25) is 0 Å². The summed E-state index contributed by atoms with van der Waals surface area (Å²) in [4.78, 5) is 6.49. The summed E-state index contributed by atoms with van der Waals surface area (Å²) in [6.07, 6.45) is 1.76. The van der Waals surface area contributed by atoms with Crippen LogP contribution in [-0.4, -0.2) is 40.7 Å². The third-order valence-corrected chi connectivity index (χ3v) is 2.76. The maximum Gasteiger partial charge on any atom is 0.174 e. The molecule has 1 aliphatic rings. The smallest absolute Gasteiger partial charge is 0.174 e. The first-order valence-corrected chi connectivity index (χ1v) is 5.38. The van der Waals surface area contributed by atoms with E-state index >= 15 is 0 Å². The molecule has 0 saturated carbocycles. The first-order valence-electron chi connectivity index (χ1n) is 5.38. The van der Waals surface area contributed by atoms with Crippen LogP contribution < -0.4 is 16.9 Å². The molecule has 0 amide bonds. The number of nitrogens with zero attached hydrogens (tertiary/aromatic N) is 3. The normalized spacial score (nSPS) is 17.5. The van der Waals surface area contributed by atoms with Gasteiger partial charge in [-0.25, -0.2) is 9.66 Å². The van der Waals surface area contributed by atoms with E-state index in [1.807, 2.05) is 0 Å². The van der Waals surface area contributed by atoms with E-state index < -0.39 is 0 Å². The Kier molecular flexibility index (Phi) is 3.12. The zero-order chi connectivity index (χ0) is 11.5. The lowest BCUT2D eigenvalue weighted by Crippen LogP contribution is -2.43. The van der Waals surface area contributed by atoms with Crippen LogP contribution in [0.25, 0.3) is 5.70 Å². The average Bonchev–Trinajstić information content (AvgIpc) is 2.62. The minimum atomic E-state index is 0.397. The largest absolute Gasteiger partial charge is 0.396 e. The van der Waals surface area contributed by atoms with Crippen LogP contribution in [0.3, 0.4) is 0 Å². The van der Waals surface area contributed by atoms with Crippen molar-refractivity contribution in [3.05, 3.63) is 24.3 Å². The zero-order valence-electron chi connectivity index (χ0n) is 9.32. The van der Waals surface area contributed by atoms with E-state index in [1.165, 1.54) is 4.68 Å². The Balaban J connectivity index is 2.06. The van der Waals surface area contributed by atoms with E-state index in [1.54, 1.807) is 6.20 Å². The molecule has 0 spiro atoms. The van der Waals surface area contributed by atoms with Gasteiger partial charge < -0.3 is 16.9 Å². The van der Waals surface area contributed by atoms with Gasteiger partial charge in [-0.3, -0.25) is 4.90 Å². The van der Waals surface area contributed by atoms with Crippen LogP contribution in [0.4, 0.5) is 0 Å². The number of piperazine rings is 1. The summed E-state index contributed by atoms with van der Waals surface area (Å²) in [6.45, 7) is 8.55. The lowest BCUT2D eigenvalue weighted by molar-refractivity contribution is 0.229. The molecule has 0 aromatic carbocycles. The van der Waals surface area contributed by atoms with Crippen molar-refractivity contribution in [1.29, 1.82) is 0 Å². The molecule has 6 heteroatoms. The van der Waals surface area contributed by atoms with Gasteiger partial charge in [-0.05, 0) is 0 Å². The molecule has 88 valence electrons. The molecular formula is C10H18N6. The molecule has 0 radical (unpaired) electrons. The second-order valence-corrected chi connectivity index (χ2v) is 3.99. The van der Waals surface area contributed by atoms with Crippen molar-refractivity contribution in [2.75, 3.05) is 32.0 Å². The molecule has 6 nitrogen and oxygen atoms in total. The highest BCUT2D eigenvalue weighted by Crippen LogP contribution is 2.09. The third-order valence-electron chi connectivity index (χ3n) is 2.76. The molecular weight excluding hydrogens is 204 g/mol. The first-order chi connectivity index (χ1) is 7.68.